The summed E-state index contributed by atoms with van der Waals surface area (Å²) in [5.74, 6) is -1.52. The Hall–Kier alpha value is -3.06. The van der Waals surface area contributed by atoms with Crippen LogP contribution in [0, 0.1) is 17.8 Å². The lowest BCUT2D eigenvalue weighted by atomic mass is 9.84. The van der Waals surface area contributed by atoms with Gasteiger partial charge in [-0.2, -0.15) is 4.72 Å². The molecule has 44 heavy (non-hydrogen) atoms. The molecule has 2 saturated heterocycles. The van der Waals surface area contributed by atoms with E-state index in [4.69, 9.17) is 0 Å². The SMILES string of the molecule is O=C(CNC(=O)C(CCC1CCNCC1)CCC1CCNCC1)NCC(NS(=O)(=O)Cc1cccc2ccccc12)C(=O)O. The van der Waals surface area contributed by atoms with Crippen LogP contribution in [0.5, 0.6) is 0 Å². The van der Waals surface area contributed by atoms with E-state index in [1.54, 1.807) is 12.1 Å². The van der Waals surface area contributed by atoms with Crippen molar-refractivity contribution < 1.29 is 27.9 Å². The number of benzene rings is 2. The van der Waals surface area contributed by atoms with E-state index in [1.807, 2.05) is 30.3 Å². The molecule has 2 aromatic rings. The summed E-state index contributed by atoms with van der Waals surface area (Å²) < 4.78 is 28.0. The van der Waals surface area contributed by atoms with E-state index in [1.165, 1.54) is 0 Å². The summed E-state index contributed by atoms with van der Waals surface area (Å²) in [5.41, 5.74) is 0.543. The number of carbonyl (C=O) groups excluding carboxylic acids is 2. The number of fused-ring (bicyclic) bond motifs is 1. The topological polar surface area (TPSA) is 166 Å². The summed E-state index contributed by atoms with van der Waals surface area (Å²) in [5, 5.41) is 23.3. The minimum atomic E-state index is -4.05. The van der Waals surface area contributed by atoms with Gasteiger partial charge in [0.25, 0.3) is 0 Å². The molecule has 4 rings (SSSR count). The van der Waals surface area contributed by atoms with Crippen LogP contribution < -0.4 is 26.0 Å². The molecule has 12 heteroatoms. The molecule has 2 aliphatic heterocycles. The van der Waals surface area contributed by atoms with Crippen molar-refractivity contribution in [1.29, 1.82) is 0 Å². The number of rotatable bonds is 16. The minimum absolute atomic E-state index is 0.159. The fraction of sp³-hybridized carbons (Fsp3) is 0.594. The number of hydrogen-bond acceptors (Lipinski definition) is 7. The van der Waals surface area contributed by atoms with Gasteiger partial charge < -0.3 is 26.4 Å². The number of aliphatic carboxylic acids is 1. The number of carboxylic acid groups (broad SMARTS) is 1. The van der Waals surface area contributed by atoms with Crippen LogP contribution in [0.2, 0.25) is 0 Å². The molecule has 1 atom stereocenters. The Kier molecular flexibility index (Phi) is 13.0. The highest BCUT2D eigenvalue weighted by Crippen LogP contribution is 2.27. The van der Waals surface area contributed by atoms with Gasteiger partial charge in [-0.3, -0.25) is 14.4 Å². The molecule has 0 bridgehead atoms. The van der Waals surface area contributed by atoms with Gasteiger partial charge in [0.1, 0.15) is 6.04 Å². The van der Waals surface area contributed by atoms with Gasteiger partial charge in [-0.15, -0.1) is 0 Å². The molecule has 0 aromatic heterocycles. The second-order valence-corrected chi connectivity index (χ2v) is 13.9. The van der Waals surface area contributed by atoms with Crippen LogP contribution in [-0.4, -0.2) is 76.6 Å². The predicted octanol–water partition coefficient (Wildman–Crippen LogP) is 2.12. The Morgan fingerprint density at radius 3 is 2.05 bits per heavy atom. The summed E-state index contributed by atoms with van der Waals surface area (Å²) in [7, 11) is -4.05. The second kappa shape index (κ2) is 16.9. The van der Waals surface area contributed by atoms with E-state index < -0.39 is 40.2 Å². The molecule has 2 heterocycles. The maximum absolute atomic E-state index is 13.2. The zero-order chi connectivity index (χ0) is 31.4. The predicted molar refractivity (Wildman–Crippen MR) is 170 cm³/mol. The van der Waals surface area contributed by atoms with Crippen LogP contribution in [-0.2, 0) is 30.2 Å². The van der Waals surface area contributed by atoms with Crippen molar-refractivity contribution in [3.63, 3.8) is 0 Å². The third-order valence-corrected chi connectivity index (χ3v) is 10.2. The Balaban J connectivity index is 1.26. The summed E-state index contributed by atoms with van der Waals surface area (Å²) in [6.45, 7) is 3.28. The Labute approximate surface area is 260 Å². The molecular formula is C32H47N5O6S. The average Bonchev–Trinajstić information content (AvgIpc) is 3.02. The van der Waals surface area contributed by atoms with Gasteiger partial charge in [0, 0.05) is 12.5 Å². The van der Waals surface area contributed by atoms with Crippen LogP contribution in [0.3, 0.4) is 0 Å². The Bertz CT molecular complexity index is 1330. The van der Waals surface area contributed by atoms with Crippen molar-refractivity contribution in [1.82, 2.24) is 26.0 Å². The molecule has 11 nitrogen and oxygen atoms in total. The molecule has 1 unspecified atom stereocenters. The van der Waals surface area contributed by atoms with Gasteiger partial charge in [-0.1, -0.05) is 42.5 Å². The molecule has 0 spiro atoms. The maximum atomic E-state index is 13.2. The number of carbonyl (C=O) groups is 3. The first-order chi connectivity index (χ1) is 21.2. The highest BCUT2D eigenvalue weighted by molar-refractivity contribution is 7.88. The third-order valence-electron chi connectivity index (χ3n) is 8.91. The summed E-state index contributed by atoms with van der Waals surface area (Å²) in [4.78, 5) is 37.7. The van der Waals surface area contributed by atoms with Gasteiger partial charge >= 0.3 is 5.97 Å². The molecule has 0 saturated carbocycles. The normalized spacial score (nSPS) is 17.4. The zero-order valence-corrected chi connectivity index (χ0v) is 26.2. The fourth-order valence-corrected chi connectivity index (χ4v) is 7.63. The fourth-order valence-electron chi connectivity index (χ4n) is 6.27. The second-order valence-electron chi connectivity index (χ2n) is 12.2. The van der Waals surface area contributed by atoms with E-state index in [-0.39, 0.29) is 18.4 Å². The highest BCUT2D eigenvalue weighted by atomic mass is 32.2. The third kappa shape index (κ3) is 10.8. The average molecular weight is 630 g/mol. The van der Waals surface area contributed by atoms with Gasteiger partial charge in [-0.25, -0.2) is 8.42 Å². The standard InChI is InChI=1S/C32H47N5O6S/c38-30(21-36-31(39)26(10-8-23-12-16-33-17-13-23)11-9-24-14-18-34-19-15-24)35-20-29(32(40)41)37-44(42,43)22-27-6-3-5-25-4-1-2-7-28(25)27/h1-7,23-24,26,29,33-34,37H,8-22H2,(H,35,38)(H,36,39)(H,40,41). The first-order valence-corrected chi connectivity index (χ1v) is 17.5. The number of amides is 2. The van der Waals surface area contributed by atoms with Crippen LogP contribution >= 0.6 is 0 Å². The van der Waals surface area contributed by atoms with Gasteiger partial charge in [-0.05, 0) is 106 Å². The van der Waals surface area contributed by atoms with Crippen LogP contribution in [0.1, 0.15) is 56.9 Å². The first-order valence-electron chi connectivity index (χ1n) is 15.9. The molecule has 2 aromatic carbocycles. The largest absolute Gasteiger partial charge is 0.480 e. The Morgan fingerprint density at radius 1 is 0.841 bits per heavy atom. The van der Waals surface area contributed by atoms with E-state index in [9.17, 15) is 27.9 Å². The number of piperidine rings is 2. The van der Waals surface area contributed by atoms with Crippen molar-refractivity contribution in [2.45, 2.75) is 63.2 Å². The van der Waals surface area contributed by atoms with Crippen LogP contribution in [0.15, 0.2) is 42.5 Å². The molecular weight excluding hydrogens is 582 g/mol. The van der Waals surface area contributed by atoms with Crippen LogP contribution in [0.4, 0.5) is 0 Å². The van der Waals surface area contributed by atoms with Crippen molar-refractivity contribution >= 4 is 38.6 Å². The summed E-state index contributed by atoms with van der Waals surface area (Å²) >= 11 is 0. The summed E-state index contributed by atoms with van der Waals surface area (Å²) in [6, 6.07) is 11.1. The lowest BCUT2D eigenvalue weighted by molar-refractivity contribution is -0.139. The van der Waals surface area contributed by atoms with E-state index >= 15 is 0 Å². The molecule has 2 aliphatic rings. The lowest BCUT2D eigenvalue weighted by Gasteiger charge is -2.27. The Morgan fingerprint density at radius 2 is 1.43 bits per heavy atom. The molecule has 242 valence electrons. The van der Waals surface area contributed by atoms with Gasteiger partial charge in [0.05, 0.1) is 12.3 Å². The van der Waals surface area contributed by atoms with Crippen LogP contribution in [0.25, 0.3) is 10.8 Å². The number of nitrogens with one attached hydrogen (secondary N) is 5. The van der Waals surface area contributed by atoms with E-state index in [2.05, 4.69) is 26.0 Å². The smallest absolute Gasteiger partial charge is 0.323 e. The van der Waals surface area contributed by atoms with E-state index in [0.29, 0.717) is 17.4 Å². The van der Waals surface area contributed by atoms with E-state index in [0.717, 1.165) is 88.3 Å². The number of sulfonamides is 1. The molecule has 2 amide bonds. The first kappa shape index (κ1) is 33.8. The molecule has 2 fully saturated rings. The number of hydrogen-bond donors (Lipinski definition) is 6. The maximum Gasteiger partial charge on any atom is 0.323 e. The minimum Gasteiger partial charge on any atom is -0.480 e. The van der Waals surface area contributed by atoms with Gasteiger partial charge in [0.2, 0.25) is 21.8 Å². The summed E-state index contributed by atoms with van der Waals surface area (Å²) in [6.07, 6.45) is 7.98. The number of carboxylic acids is 1. The molecule has 6 N–H and O–H groups in total. The van der Waals surface area contributed by atoms with Crippen molar-refractivity contribution in [3.8, 4) is 0 Å². The lowest BCUT2D eigenvalue weighted by Crippen LogP contribution is -2.50. The van der Waals surface area contributed by atoms with Gasteiger partial charge in [0.15, 0.2) is 0 Å². The monoisotopic (exact) mass is 629 g/mol. The quantitative estimate of drug-likeness (QED) is 0.164. The van der Waals surface area contributed by atoms with Crippen molar-refractivity contribution in [3.05, 3.63) is 48.0 Å². The molecule has 0 radical (unpaired) electrons. The zero-order valence-electron chi connectivity index (χ0n) is 25.4. The molecule has 0 aliphatic carbocycles. The highest BCUT2D eigenvalue weighted by Gasteiger charge is 2.27. The van der Waals surface area contributed by atoms with Crippen molar-refractivity contribution in [2.75, 3.05) is 39.3 Å². The van der Waals surface area contributed by atoms with Crippen molar-refractivity contribution in [2.24, 2.45) is 17.8 Å².